The fourth-order valence-electron chi connectivity index (χ4n) is 3.29. The van der Waals surface area contributed by atoms with Gasteiger partial charge in [-0.25, -0.2) is 4.98 Å². The van der Waals surface area contributed by atoms with Gasteiger partial charge in [0.15, 0.2) is 0 Å². The molecule has 2 aromatic carbocycles. The molecule has 0 bridgehead atoms. The average Bonchev–Trinajstić information content (AvgIpc) is 3.31. The topological polar surface area (TPSA) is 49.5 Å². The molecule has 0 saturated heterocycles. The largest absolute Gasteiger partial charge is 0.441 e. The molecule has 0 amide bonds. The molecule has 4 aromatic rings. The van der Waals surface area contributed by atoms with E-state index in [9.17, 15) is 5.11 Å². The minimum atomic E-state index is 0.123. The van der Waals surface area contributed by atoms with E-state index in [4.69, 9.17) is 9.40 Å². The van der Waals surface area contributed by atoms with Gasteiger partial charge in [-0.1, -0.05) is 42.5 Å². The van der Waals surface area contributed by atoms with Crippen molar-refractivity contribution in [3.8, 4) is 11.5 Å². The highest BCUT2D eigenvalue weighted by Gasteiger charge is 2.16. The van der Waals surface area contributed by atoms with Crippen molar-refractivity contribution in [2.75, 3.05) is 13.2 Å². The standard InChI is InChI=1S/C22H22N2O2S/c1-16-21(15-24(11-12-25)14-18-8-5-13-27-18)23-22(26-16)20-10-4-7-17-6-2-3-9-19(17)20/h2-10,13,25H,11-12,14-15H2,1H3. The zero-order chi connectivity index (χ0) is 18.6. The van der Waals surface area contributed by atoms with Crippen molar-refractivity contribution in [1.82, 2.24) is 9.88 Å². The van der Waals surface area contributed by atoms with Gasteiger partial charge >= 0.3 is 0 Å². The third-order valence-corrected chi connectivity index (χ3v) is 5.52. The molecule has 1 N–H and O–H groups in total. The Morgan fingerprint density at radius 2 is 1.89 bits per heavy atom. The molecule has 27 heavy (non-hydrogen) atoms. The number of oxazole rings is 1. The molecule has 2 heterocycles. The highest BCUT2D eigenvalue weighted by atomic mass is 32.1. The third kappa shape index (κ3) is 3.95. The van der Waals surface area contributed by atoms with E-state index in [1.165, 1.54) is 10.3 Å². The van der Waals surface area contributed by atoms with Crippen molar-refractivity contribution in [3.05, 3.63) is 76.3 Å². The van der Waals surface area contributed by atoms with Crippen molar-refractivity contribution < 1.29 is 9.52 Å². The summed E-state index contributed by atoms with van der Waals surface area (Å²) in [4.78, 5) is 8.27. The minimum absolute atomic E-state index is 0.123. The van der Waals surface area contributed by atoms with Crippen LogP contribution in [0.1, 0.15) is 16.3 Å². The smallest absolute Gasteiger partial charge is 0.227 e. The quantitative estimate of drug-likeness (QED) is 0.499. The first-order valence-corrected chi connectivity index (χ1v) is 9.92. The number of aryl methyl sites for hydroxylation is 1. The molecule has 0 aliphatic heterocycles. The summed E-state index contributed by atoms with van der Waals surface area (Å²) in [5.74, 6) is 1.48. The van der Waals surface area contributed by atoms with Crippen LogP contribution in [-0.2, 0) is 13.1 Å². The first-order chi connectivity index (χ1) is 13.2. The predicted octanol–water partition coefficient (Wildman–Crippen LogP) is 4.86. The van der Waals surface area contributed by atoms with Crippen LogP contribution in [0.25, 0.3) is 22.2 Å². The highest BCUT2D eigenvalue weighted by Crippen LogP contribution is 2.29. The van der Waals surface area contributed by atoms with Crippen molar-refractivity contribution in [3.63, 3.8) is 0 Å². The zero-order valence-electron chi connectivity index (χ0n) is 15.3. The maximum Gasteiger partial charge on any atom is 0.227 e. The molecule has 0 aliphatic rings. The lowest BCUT2D eigenvalue weighted by molar-refractivity contribution is 0.183. The lowest BCUT2D eigenvalue weighted by atomic mass is 10.0. The monoisotopic (exact) mass is 378 g/mol. The van der Waals surface area contributed by atoms with E-state index in [1.54, 1.807) is 11.3 Å². The Morgan fingerprint density at radius 1 is 1.04 bits per heavy atom. The van der Waals surface area contributed by atoms with Gasteiger partial charge in [-0.2, -0.15) is 0 Å². The van der Waals surface area contributed by atoms with Crippen LogP contribution < -0.4 is 0 Å². The van der Waals surface area contributed by atoms with E-state index in [0.717, 1.165) is 28.9 Å². The van der Waals surface area contributed by atoms with Gasteiger partial charge in [-0.3, -0.25) is 4.90 Å². The van der Waals surface area contributed by atoms with Gasteiger partial charge < -0.3 is 9.52 Å². The second kappa shape index (κ2) is 8.05. The maximum absolute atomic E-state index is 9.43. The molecule has 2 aromatic heterocycles. The number of aliphatic hydroxyl groups is 1. The van der Waals surface area contributed by atoms with Gasteiger partial charge in [0.25, 0.3) is 0 Å². The van der Waals surface area contributed by atoms with Crippen molar-refractivity contribution >= 4 is 22.1 Å². The number of fused-ring (bicyclic) bond motifs is 1. The number of aliphatic hydroxyl groups excluding tert-OH is 1. The van der Waals surface area contributed by atoms with Gasteiger partial charge in [0.1, 0.15) is 5.76 Å². The van der Waals surface area contributed by atoms with E-state index in [2.05, 4.69) is 46.7 Å². The Morgan fingerprint density at radius 3 is 2.70 bits per heavy atom. The molecular formula is C22H22N2O2S. The molecule has 4 rings (SSSR count). The van der Waals surface area contributed by atoms with E-state index in [-0.39, 0.29) is 6.61 Å². The van der Waals surface area contributed by atoms with Gasteiger partial charge in [0, 0.05) is 30.1 Å². The normalized spacial score (nSPS) is 11.5. The fraction of sp³-hybridized carbons (Fsp3) is 0.227. The first kappa shape index (κ1) is 17.9. The van der Waals surface area contributed by atoms with Crippen LogP contribution in [0.2, 0.25) is 0 Å². The van der Waals surface area contributed by atoms with Crippen LogP contribution >= 0.6 is 11.3 Å². The number of hydrogen-bond acceptors (Lipinski definition) is 5. The van der Waals surface area contributed by atoms with Gasteiger partial charge in [-0.05, 0) is 35.2 Å². The molecule has 0 atom stereocenters. The number of nitrogens with zero attached hydrogens (tertiary/aromatic N) is 2. The lowest BCUT2D eigenvalue weighted by Crippen LogP contribution is -2.26. The number of rotatable bonds is 7. The molecule has 0 unspecified atom stereocenters. The fourth-order valence-corrected chi connectivity index (χ4v) is 4.04. The SMILES string of the molecule is Cc1oc(-c2cccc3ccccc23)nc1CN(CCO)Cc1cccs1. The molecule has 138 valence electrons. The molecule has 0 aliphatic carbocycles. The van der Waals surface area contributed by atoms with Gasteiger partial charge in [0.05, 0.1) is 12.3 Å². The van der Waals surface area contributed by atoms with Crippen LogP contribution in [0.4, 0.5) is 0 Å². The summed E-state index contributed by atoms with van der Waals surface area (Å²) in [6.07, 6.45) is 0. The lowest BCUT2D eigenvalue weighted by Gasteiger charge is -2.19. The zero-order valence-corrected chi connectivity index (χ0v) is 16.1. The molecule has 0 radical (unpaired) electrons. The molecule has 0 fully saturated rings. The summed E-state index contributed by atoms with van der Waals surface area (Å²) in [6, 6.07) is 18.6. The number of thiophene rings is 1. The van der Waals surface area contributed by atoms with Gasteiger partial charge in [0.2, 0.25) is 5.89 Å². The maximum atomic E-state index is 9.43. The molecule has 0 spiro atoms. The third-order valence-electron chi connectivity index (χ3n) is 4.66. The van der Waals surface area contributed by atoms with Gasteiger partial charge in [-0.15, -0.1) is 11.3 Å². The molecule has 5 heteroatoms. The van der Waals surface area contributed by atoms with E-state index in [1.807, 2.05) is 25.1 Å². The summed E-state index contributed by atoms with van der Waals surface area (Å²) in [6.45, 7) is 4.14. The number of hydrogen-bond donors (Lipinski definition) is 1. The molecular weight excluding hydrogens is 356 g/mol. The number of aromatic nitrogens is 1. The van der Waals surface area contributed by atoms with Crippen LogP contribution in [0.15, 0.2) is 64.4 Å². The number of benzene rings is 2. The second-order valence-corrected chi connectivity index (χ2v) is 7.59. The van der Waals surface area contributed by atoms with Crippen molar-refractivity contribution in [1.29, 1.82) is 0 Å². The average molecular weight is 378 g/mol. The molecule has 4 nitrogen and oxygen atoms in total. The van der Waals surface area contributed by atoms with Crippen LogP contribution in [0.5, 0.6) is 0 Å². The van der Waals surface area contributed by atoms with Crippen LogP contribution in [0, 0.1) is 6.92 Å². The Kier molecular flexibility index (Phi) is 5.34. The van der Waals surface area contributed by atoms with Crippen LogP contribution in [-0.4, -0.2) is 28.1 Å². The predicted molar refractivity (Wildman–Crippen MR) is 110 cm³/mol. The summed E-state index contributed by atoms with van der Waals surface area (Å²) in [5.41, 5.74) is 1.93. The highest BCUT2D eigenvalue weighted by molar-refractivity contribution is 7.09. The van der Waals surface area contributed by atoms with E-state index >= 15 is 0 Å². The Bertz CT molecular complexity index is 1020. The summed E-state index contributed by atoms with van der Waals surface area (Å²) < 4.78 is 6.03. The van der Waals surface area contributed by atoms with E-state index in [0.29, 0.717) is 19.0 Å². The summed E-state index contributed by atoms with van der Waals surface area (Å²) >= 11 is 1.73. The summed E-state index contributed by atoms with van der Waals surface area (Å²) in [7, 11) is 0. The van der Waals surface area contributed by atoms with E-state index < -0.39 is 0 Å². The van der Waals surface area contributed by atoms with Crippen molar-refractivity contribution in [2.45, 2.75) is 20.0 Å². The molecule has 0 saturated carbocycles. The Hall–Kier alpha value is -2.47. The minimum Gasteiger partial charge on any atom is -0.441 e. The Labute approximate surface area is 162 Å². The first-order valence-electron chi connectivity index (χ1n) is 9.04. The second-order valence-electron chi connectivity index (χ2n) is 6.56. The Balaban J connectivity index is 1.62. The van der Waals surface area contributed by atoms with Crippen LogP contribution in [0.3, 0.4) is 0 Å². The summed E-state index contributed by atoms with van der Waals surface area (Å²) in [5, 5.41) is 13.8. The van der Waals surface area contributed by atoms with Crippen molar-refractivity contribution in [2.24, 2.45) is 0 Å².